The molecule has 1 spiro atoms. The summed E-state index contributed by atoms with van der Waals surface area (Å²) in [6.45, 7) is 30.7. The summed E-state index contributed by atoms with van der Waals surface area (Å²) >= 11 is 0. The Morgan fingerprint density at radius 1 is 0.576 bits per heavy atom. The Morgan fingerprint density at radius 3 is 1.80 bits per heavy atom. The molecule has 1 aliphatic carbocycles. The highest BCUT2D eigenvalue weighted by molar-refractivity contribution is 6.09. The normalized spacial score (nSPS) is 14.3. The molecule has 3 aromatic heterocycles. The van der Waals surface area contributed by atoms with Gasteiger partial charge in [0.2, 0.25) is 6.33 Å². The third-order valence-electron chi connectivity index (χ3n) is 14.5. The maximum atomic E-state index is 7.04. The van der Waals surface area contributed by atoms with E-state index in [-0.39, 0.29) is 21.7 Å². The number of hydrogen-bond acceptors (Lipinski definition) is 2. The second kappa shape index (κ2) is 13.8. The van der Waals surface area contributed by atoms with Gasteiger partial charge in [0, 0.05) is 23.0 Å². The third-order valence-corrected chi connectivity index (χ3v) is 14.5. The van der Waals surface area contributed by atoms with E-state index in [9.17, 15) is 0 Å². The first kappa shape index (κ1) is 42.2. The van der Waals surface area contributed by atoms with Gasteiger partial charge in [-0.05, 0) is 132 Å². The van der Waals surface area contributed by atoms with E-state index < -0.39 is 5.41 Å². The first-order valence-corrected chi connectivity index (χ1v) is 23.7. The van der Waals surface area contributed by atoms with Crippen LogP contribution in [0.4, 0.5) is 0 Å². The van der Waals surface area contributed by atoms with Gasteiger partial charge in [0.05, 0.1) is 40.2 Å². The standard InChI is InChI=1S/C61H62N4O/c1-36-26-27-62-53(28-36)65-49-20-16-15-18-41(49)42-24-22-39(33-51(42)65)66-40-23-25-45-52(34-40)64-35-63(14)50-21-17-19-46(56(50)64)61(45)54-43(29-37(57(2,3)4)31-47(54)59(8,9)10)44-30-38(58(5,6)7)32-48(55(44)61)60(11,12)13/h15-34H,1-14H3. The van der Waals surface area contributed by atoms with E-state index in [4.69, 9.17) is 9.72 Å². The van der Waals surface area contributed by atoms with Crippen molar-refractivity contribution in [3.05, 3.63) is 178 Å². The summed E-state index contributed by atoms with van der Waals surface area (Å²) in [6.07, 6.45) is 5.67. The lowest BCUT2D eigenvalue weighted by Gasteiger charge is -2.45. The molecule has 332 valence electrons. The number of para-hydroxylation sites is 2. The van der Waals surface area contributed by atoms with Crippen molar-refractivity contribution >= 4 is 32.8 Å². The number of hydrogen-bond donors (Lipinski definition) is 0. The third kappa shape index (κ3) is 6.04. The van der Waals surface area contributed by atoms with Gasteiger partial charge in [0.15, 0.2) is 0 Å². The Kier molecular flexibility index (Phi) is 8.82. The van der Waals surface area contributed by atoms with Crippen LogP contribution in [0, 0.1) is 13.3 Å². The van der Waals surface area contributed by atoms with Crippen molar-refractivity contribution in [1.29, 1.82) is 0 Å². The van der Waals surface area contributed by atoms with Gasteiger partial charge in [0.1, 0.15) is 17.3 Å². The second-order valence-corrected chi connectivity index (χ2v) is 23.3. The van der Waals surface area contributed by atoms with E-state index in [1.165, 1.54) is 66.5 Å². The number of imidazole rings is 1. The Balaban J connectivity index is 1.22. The minimum atomic E-state index is -0.647. The summed E-state index contributed by atoms with van der Waals surface area (Å²) in [5.74, 6) is 2.43. The summed E-state index contributed by atoms with van der Waals surface area (Å²) in [7, 11) is 2.13. The van der Waals surface area contributed by atoms with Crippen molar-refractivity contribution in [1.82, 2.24) is 14.1 Å². The molecule has 0 fully saturated rings. The fourth-order valence-electron chi connectivity index (χ4n) is 11.3. The van der Waals surface area contributed by atoms with Crippen molar-refractivity contribution in [2.75, 3.05) is 0 Å². The first-order valence-electron chi connectivity index (χ1n) is 23.7. The van der Waals surface area contributed by atoms with E-state index in [0.717, 1.165) is 50.5 Å². The molecule has 0 radical (unpaired) electrons. The molecule has 0 atom stereocenters. The van der Waals surface area contributed by atoms with Gasteiger partial charge in [-0.25, -0.2) is 4.98 Å². The van der Waals surface area contributed by atoms with Crippen molar-refractivity contribution < 1.29 is 9.30 Å². The van der Waals surface area contributed by atoms with Gasteiger partial charge in [0.25, 0.3) is 0 Å². The zero-order valence-corrected chi connectivity index (χ0v) is 41.2. The lowest BCUT2D eigenvalue weighted by Crippen LogP contribution is -2.38. The second-order valence-electron chi connectivity index (χ2n) is 23.3. The van der Waals surface area contributed by atoms with E-state index in [1.807, 2.05) is 12.3 Å². The Bertz CT molecular complexity index is 3430. The van der Waals surface area contributed by atoms with Gasteiger partial charge in [-0.3, -0.25) is 4.57 Å². The Morgan fingerprint density at radius 2 is 1.18 bits per heavy atom. The molecule has 11 rings (SSSR count). The molecule has 9 aromatic rings. The molecule has 0 saturated carbocycles. The van der Waals surface area contributed by atoms with E-state index >= 15 is 0 Å². The van der Waals surface area contributed by atoms with Crippen molar-refractivity contribution in [3.8, 4) is 34.1 Å². The largest absolute Gasteiger partial charge is 0.458 e. The number of rotatable bonds is 3. The van der Waals surface area contributed by atoms with Crippen LogP contribution in [0.1, 0.15) is 133 Å². The quantitative estimate of drug-likeness (QED) is 0.131. The van der Waals surface area contributed by atoms with Crippen LogP contribution in [0.15, 0.2) is 121 Å². The van der Waals surface area contributed by atoms with Crippen LogP contribution in [0.2, 0.25) is 0 Å². The van der Waals surface area contributed by atoms with Crippen LogP contribution >= 0.6 is 0 Å². The summed E-state index contributed by atoms with van der Waals surface area (Å²) in [6, 6.07) is 43.2. The van der Waals surface area contributed by atoms with Crippen molar-refractivity contribution in [2.24, 2.45) is 7.05 Å². The molecule has 6 aromatic carbocycles. The SMILES string of the molecule is Cc1ccnc(-n2c3ccccc3c3ccc(Oc4ccc5c(c4)-n4[c-][n+](C)c6cccc(c64)C54c5c(cc(C(C)(C)C)cc5C(C)(C)C)-c5cc(C(C)(C)C)cc(C(C)(C)C)c54)cc32)c1. The maximum Gasteiger partial charge on any atom is 0.244 e. The van der Waals surface area contributed by atoms with Gasteiger partial charge >= 0.3 is 0 Å². The van der Waals surface area contributed by atoms with Crippen molar-refractivity contribution in [3.63, 3.8) is 0 Å². The molecule has 5 heteroatoms. The fraction of sp³-hybridized carbons (Fsp3) is 0.311. The lowest BCUT2D eigenvalue weighted by atomic mass is 9.60. The molecule has 66 heavy (non-hydrogen) atoms. The number of aromatic nitrogens is 4. The highest BCUT2D eigenvalue weighted by Gasteiger charge is 2.54. The fourth-order valence-corrected chi connectivity index (χ4v) is 11.3. The van der Waals surface area contributed by atoms with Crippen LogP contribution in [-0.2, 0) is 34.1 Å². The van der Waals surface area contributed by atoms with Crippen molar-refractivity contribution in [2.45, 2.75) is 117 Å². The number of pyridine rings is 1. The number of aryl methyl sites for hydroxylation is 2. The van der Waals surface area contributed by atoms with Gasteiger partial charge in [-0.15, -0.1) is 0 Å². The Hall–Kier alpha value is -6.46. The predicted molar refractivity (Wildman–Crippen MR) is 272 cm³/mol. The number of benzene rings is 6. The molecule has 0 N–H and O–H groups in total. The molecule has 0 saturated heterocycles. The summed E-state index contributed by atoms with van der Waals surface area (Å²) < 4.78 is 13.8. The Labute approximate surface area is 390 Å². The number of nitrogens with zero attached hydrogens (tertiary/aromatic N) is 4. The average Bonchev–Trinajstić information content (AvgIpc) is 3.87. The van der Waals surface area contributed by atoms with E-state index in [1.54, 1.807) is 0 Å². The minimum absolute atomic E-state index is 0.0541. The zero-order chi connectivity index (χ0) is 46.6. The topological polar surface area (TPSA) is 35.9 Å². The number of ether oxygens (including phenoxy) is 1. The molecular formula is C61H62N4O. The maximum absolute atomic E-state index is 7.04. The highest BCUT2D eigenvalue weighted by Crippen LogP contribution is 2.65. The summed E-state index contributed by atoms with van der Waals surface area (Å²) in [5.41, 5.74) is 19.2. The molecule has 5 nitrogen and oxygen atoms in total. The molecule has 0 unspecified atom stereocenters. The molecule has 4 heterocycles. The van der Waals surface area contributed by atoms with Crippen LogP contribution in [0.5, 0.6) is 11.5 Å². The van der Waals surface area contributed by atoms with E-state index in [0.29, 0.717) is 0 Å². The van der Waals surface area contributed by atoms with Crippen LogP contribution < -0.4 is 9.30 Å². The monoisotopic (exact) mass is 866 g/mol. The molecule has 0 amide bonds. The van der Waals surface area contributed by atoms with Gasteiger partial charge < -0.3 is 13.9 Å². The minimum Gasteiger partial charge on any atom is -0.458 e. The van der Waals surface area contributed by atoms with Gasteiger partial charge in [-0.2, -0.15) is 0 Å². The highest BCUT2D eigenvalue weighted by atomic mass is 16.5. The summed E-state index contributed by atoms with van der Waals surface area (Å²) in [5, 5.41) is 2.35. The molecule has 2 aliphatic rings. The molecular weight excluding hydrogens is 805 g/mol. The first-order chi connectivity index (χ1) is 31.1. The van der Waals surface area contributed by atoms with E-state index in [2.05, 4.69) is 226 Å². The summed E-state index contributed by atoms with van der Waals surface area (Å²) in [4.78, 5) is 4.84. The van der Waals surface area contributed by atoms with Gasteiger partial charge in [-0.1, -0.05) is 150 Å². The number of fused-ring (bicyclic) bond motifs is 12. The lowest BCUT2D eigenvalue weighted by molar-refractivity contribution is -0.649. The van der Waals surface area contributed by atoms with Crippen LogP contribution in [-0.4, -0.2) is 14.1 Å². The van der Waals surface area contributed by atoms with Crippen LogP contribution in [0.25, 0.3) is 55.5 Å². The zero-order valence-electron chi connectivity index (χ0n) is 41.2. The van der Waals surface area contributed by atoms with Crippen LogP contribution in [0.3, 0.4) is 0 Å². The molecule has 1 aliphatic heterocycles. The smallest absolute Gasteiger partial charge is 0.244 e. The predicted octanol–water partition coefficient (Wildman–Crippen LogP) is 14.7. The molecule has 0 bridgehead atoms. The average molecular weight is 867 g/mol.